The molecule has 1 amide bonds. The normalized spacial score (nSPS) is 24.0. The molecule has 1 aliphatic heterocycles. The SMILES string of the molecule is O=C(CC(O)c1ccccc1)NC1CCN(CC2CCCC2)C1. The number of hydrogen-bond acceptors (Lipinski definition) is 3. The van der Waals surface area contributed by atoms with Crippen LogP contribution in [0.4, 0.5) is 0 Å². The van der Waals surface area contributed by atoms with E-state index in [2.05, 4.69) is 10.2 Å². The van der Waals surface area contributed by atoms with Crippen LogP contribution < -0.4 is 5.32 Å². The van der Waals surface area contributed by atoms with Gasteiger partial charge in [0.1, 0.15) is 0 Å². The number of carbonyl (C=O) groups excluding carboxylic acids is 1. The highest BCUT2D eigenvalue weighted by Gasteiger charge is 2.27. The van der Waals surface area contributed by atoms with Crippen LogP contribution in [0, 0.1) is 5.92 Å². The van der Waals surface area contributed by atoms with Gasteiger partial charge < -0.3 is 15.3 Å². The van der Waals surface area contributed by atoms with Crippen LogP contribution in [0.5, 0.6) is 0 Å². The number of nitrogens with zero attached hydrogens (tertiary/aromatic N) is 1. The first-order valence-electron chi connectivity index (χ1n) is 8.95. The minimum absolute atomic E-state index is 0.0472. The van der Waals surface area contributed by atoms with Crippen molar-refractivity contribution in [2.24, 2.45) is 5.92 Å². The van der Waals surface area contributed by atoms with Crippen molar-refractivity contribution in [2.45, 2.75) is 50.7 Å². The summed E-state index contributed by atoms with van der Waals surface area (Å²) in [4.78, 5) is 14.6. The summed E-state index contributed by atoms with van der Waals surface area (Å²) in [6, 6.07) is 9.64. The van der Waals surface area contributed by atoms with Crippen molar-refractivity contribution >= 4 is 5.91 Å². The van der Waals surface area contributed by atoms with E-state index < -0.39 is 6.10 Å². The molecular formula is C19H28N2O2. The van der Waals surface area contributed by atoms with Crippen molar-refractivity contribution in [3.8, 4) is 0 Å². The number of amides is 1. The smallest absolute Gasteiger partial charge is 0.223 e. The summed E-state index contributed by atoms with van der Waals surface area (Å²) >= 11 is 0. The van der Waals surface area contributed by atoms with Crippen molar-refractivity contribution in [3.05, 3.63) is 35.9 Å². The van der Waals surface area contributed by atoms with Gasteiger partial charge in [0.15, 0.2) is 0 Å². The van der Waals surface area contributed by atoms with Gasteiger partial charge in [0.25, 0.3) is 0 Å². The topological polar surface area (TPSA) is 52.6 Å². The molecule has 0 aromatic heterocycles. The minimum atomic E-state index is -0.716. The second kappa shape index (κ2) is 7.93. The molecular weight excluding hydrogens is 288 g/mol. The molecule has 2 atom stereocenters. The van der Waals surface area contributed by atoms with Gasteiger partial charge in [-0.1, -0.05) is 43.2 Å². The zero-order valence-corrected chi connectivity index (χ0v) is 13.8. The van der Waals surface area contributed by atoms with Gasteiger partial charge in [-0.15, -0.1) is 0 Å². The summed E-state index contributed by atoms with van der Waals surface area (Å²) in [5.74, 6) is 0.818. The molecule has 2 fully saturated rings. The Kier molecular flexibility index (Phi) is 5.68. The van der Waals surface area contributed by atoms with Gasteiger partial charge in [-0.05, 0) is 30.7 Å². The molecule has 1 saturated carbocycles. The van der Waals surface area contributed by atoms with Crippen LogP contribution in [0.2, 0.25) is 0 Å². The Balaban J connectivity index is 1.40. The summed E-state index contributed by atoms with van der Waals surface area (Å²) in [7, 11) is 0. The number of hydrogen-bond donors (Lipinski definition) is 2. The Labute approximate surface area is 138 Å². The molecule has 126 valence electrons. The Morgan fingerprint density at radius 1 is 1.22 bits per heavy atom. The predicted molar refractivity (Wildman–Crippen MR) is 91.0 cm³/mol. The highest BCUT2D eigenvalue weighted by Crippen LogP contribution is 2.26. The third-order valence-corrected chi connectivity index (χ3v) is 5.19. The first-order valence-corrected chi connectivity index (χ1v) is 8.95. The highest BCUT2D eigenvalue weighted by molar-refractivity contribution is 5.77. The van der Waals surface area contributed by atoms with E-state index in [9.17, 15) is 9.90 Å². The summed E-state index contributed by atoms with van der Waals surface area (Å²) in [5.41, 5.74) is 0.803. The van der Waals surface area contributed by atoms with Crippen molar-refractivity contribution in [3.63, 3.8) is 0 Å². The standard InChI is InChI=1S/C19H28N2O2/c22-18(16-8-2-1-3-9-16)12-19(23)20-17-10-11-21(14-17)13-15-6-4-5-7-15/h1-3,8-9,15,17-18,22H,4-7,10-14H2,(H,20,23). The number of aliphatic hydroxyl groups is 1. The van der Waals surface area contributed by atoms with Crippen LogP contribution in [0.3, 0.4) is 0 Å². The lowest BCUT2D eigenvalue weighted by molar-refractivity contribution is -0.123. The fraction of sp³-hybridized carbons (Fsp3) is 0.632. The second-order valence-corrected chi connectivity index (χ2v) is 7.09. The van der Waals surface area contributed by atoms with Gasteiger partial charge in [0.05, 0.1) is 12.5 Å². The van der Waals surface area contributed by atoms with E-state index >= 15 is 0 Å². The number of rotatable bonds is 6. The maximum atomic E-state index is 12.1. The second-order valence-electron chi connectivity index (χ2n) is 7.09. The van der Waals surface area contributed by atoms with Gasteiger partial charge in [-0.25, -0.2) is 0 Å². The Morgan fingerprint density at radius 2 is 1.96 bits per heavy atom. The number of aliphatic hydroxyl groups excluding tert-OH is 1. The fourth-order valence-corrected chi connectivity index (χ4v) is 3.93. The summed E-state index contributed by atoms with van der Waals surface area (Å²) in [5, 5.41) is 13.2. The molecule has 0 bridgehead atoms. The molecule has 1 heterocycles. The van der Waals surface area contributed by atoms with E-state index in [0.717, 1.165) is 31.0 Å². The number of nitrogens with one attached hydrogen (secondary N) is 1. The average molecular weight is 316 g/mol. The molecule has 1 aromatic carbocycles. The summed E-state index contributed by atoms with van der Waals surface area (Å²) < 4.78 is 0. The van der Waals surface area contributed by atoms with Crippen LogP contribution in [0.25, 0.3) is 0 Å². The van der Waals surface area contributed by atoms with Gasteiger partial charge in [-0.3, -0.25) is 4.79 Å². The lowest BCUT2D eigenvalue weighted by Gasteiger charge is -2.20. The number of carbonyl (C=O) groups is 1. The lowest BCUT2D eigenvalue weighted by atomic mass is 10.1. The molecule has 2 aliphatic rings. The van der Waals surface area contributed by atoms with Crippen molar-refractivity contribution < 1.29 is 9.90 Å². The van der Waals surface area contributed by atoms with E-state index in [0.29, 0.717) is 0 Å². The quantitative estimate of drug-likeness (QED) is 0.848. The molecule has 2 N–H and O–H groups in total. The lowest BCUT2D eigenvalue weighted by Crippen LogP contribution is -2.38. The average Bonchev–Trinajstić information content (AvgIpc) is 3.21. The van der Waals surface area contributed by atoms with Crippen LogP contribution in [0.1, 0.15) is 50.2 Å². The monoisotopic (exact) mass is 316 g/mol. The molecule has 1 saturated heterocycles. The summed E-state index contributed by atoms with van der Waals surface area (Å²) in [6.07, 6.45) is 5.97. The largest absolute Gasteiger partial charge is 0.388 e. The first-order chi connectivity index (χ1) is 11.2. The van der Waals surface area contributed by atoms with Crippen LogP contribution in [-0.4, -0.2) is 41.6 Å². The van der Waals surface area contributed by atoms with Crippen molar-refractivity contribution in [1.29, 1.82) is 0 Å². The molecule has 0 spiro atoms. The van der Waals surface area contributed by atoms with Gasteiger partial charge in [0, 0.05) is 25.7 Å². The molecule has 1 aliphatic carbocycles. The number of likely N-dealkylation sites (tertiary alicyclic amines) is 1. The molecule has 1 aromatic rings. The highest BCUT2D eigenvalue weighted by atomic mass is 16.3. The predicted octanol–water partition coefficient (Wildman–Crippen LogP) is 2.49. The Bertz CT molecular complexity index is 499. The fourth-order valence-electron chi connectivity index (χ4n) is 3.93. The molecule has 0 radical (unpaired) electrons. The maximum absolute atomic E-state index is 12.1. The van der Waals surface area contributed by atoms with Crippen LogP contribution in [0.15, 0.2) is 30.3 Å². The summed E-state index contributed by atoms with van der Waals surface area (Å²) in [6.45, 7) is 3.24. The molecule has 4 heteroatoms. The number of benzene rings is 1. The molecule has 23 heavy (non-hydrogen) atoms. The van der Waals surface area contributed by atoms with Crippen molar-refractivity contribution in [2.75, 3.05) is 19.6 Å². The third-order valence-electron chi connectivity index (χ3n) is 5.19. The van der Waals surface area contributed by atoms with Crippen molar-refractivity contribution in [1.82, 2.24) is 10.2 Å². The van der Waals surface area contributed by atoms with E-state index in [-0.39, 0.29) is 18.4 Å². The van der Waals surface area contributed by atoms with Gasteiger partial charge in [-0.2, -0.15) is 0 Å². The van der Waals surface area contributed by atoms with E-state index in [1.54, 1.807) is 0 Å². The van der Waals surface area contributed by atoms with Crippen LogP contribution in [-0.2, 0) is 4.79 Å². The van der Waals surface area contributed by atoms with E-state index in [4.69, 9.17) is 0 Å². The van der Waals surface area contributed by atoms with E-state index in [1.807, 2.05) is 30.3 Å². The molecule has 2 unspecified atom stereocenters. The third kappa shape index (κ3) is 4.79. The minimum Gasteiger partial charge on any atom is -0.388 e. The Hall–Kier alpha value is -1.39. The molecule has 4 nitrogen and oxygen atoms in total. The molecule has 3 rings (SSSR count). The zero-order chi connectivity index (χ0) is 16.1. The van der Waals surface area contributed by atoms with E-state index in [1.165, 1.54) is 32.2 Å². The zero-order valence-electron chi connectivity index (χ0n) is 13.8. The van der Waals surface area contributed by atoms with Crippen LogP contribution >= 0.6 is 0 Å². The maximum Gasteiger partial charge on any atom is 0.223 e. The van der Waals surface area contributed by atoms with Gasteiger partial charge >= 0.3 is 0 Å². The van der Waals surface area contributed by atoms with Gasteiger partial charge in [0.2, 0.25) is 5.91 Å². The first kappa shape index (κ1) is 16.5. The Morgan fingerprint density at radius 3 is 2.70 bits per heavy atom.